The van der Waals surface area contributed by atoms with E-state index in [1.807, 2.05) is 19.9 Å². The number of thioether (sulfide) groups is 1. The summed E-state index contributed by atoms with van der Waals surface area (Å²) < 4.78 is 11.1. The zero-order valence-corrected chi connectivity index (χ0v) is 14.7. The van der Waals surface area contributed by atoms with E-state index in [9.17, 15) is 9.59 Å². The number of hydrogen-bond acceptors (Lipinski definition) is 5. The summed E-state index contributed by atoms with van der Waals surface area (Å²) in [5.74, 6) is 3.16. The summed E-state index contributed by atoms with van der Waals surface area (Å²) in [5.41, 5.74) is 0.745. The highest BCUT2D eigenvalue weighted by Crippen LogP contribution is 2.34. The second-order valence-corrected chi connectivity index (χ2v) is 6.21. The van der Waals surface area contributed by atoms with Crippen molar-refractivity contribution in [3.63, 3.8) is 0 Å². The van der Waals surface area contributed by atoms with E-state index >= 15 is 0 Å². The Kier molecular flexibility index (Phi) is 5.93. The molecule has 0 N–H and O–H groups in total. The van der Waals surface area contributed by atoms with Crippen molar-refractivity contribution in [2.24, 2.45) is 0 Å². The molecule has 0 aromatic heterocycles. The average Bonchev–Trinajstić information content (AvgIpc) is 2.83. The maximum Gasteiger partial charge on any atom is 0.294 e. The quantitative estimate of drug-likeness (QED) is 0.583. The van der Waals surface area contributed by atoms with Crippen molar-refractivity contribution >= 4 is 29.0 Å². The van der Waals surface area contributed by atoms with Crippen LogP contribution in [0.1, 0.15) is 25.8 Å². The maximum absolute atomic E-state index is 12.2. The number of carbonyl (C=O) groups is 2. The number of hydrogen-bond donors (Lipinski definition) is 0. The molecule has 5 nitrogen and oxygen atoms in total. The van der Waals surface area contributed by atoms with Gasteiger partial charge in [-0.2, -0.15) is 0 Å². The standard InChI is InChI=1S/C18H19NO4S/c1-5-9-19-17(20)16(24-18(19)21)11-13-7-8-14(15(10-13)22-4)23-12(3)6-2/h1,7-8,10-12H,6,9H2,2-4H3. The molecule has 1 heterocycles. The minimum absolute atomic E-state index is 0.0208. The topological polar surface area (TPSA) is 55.8 Å². The third kappa shape index (κ3) is 3.92. The lowest BCUT2D eigenvalue weighted by molar-refractivity contribution is -0.122. The van der Waals surface area contributed by atoms with Crippen LogP contribution in [-0.2, 0) is 4.79 Å². The number of terminal acetylenes is 1. The Morgan fingerprint density at radius 3 is 2.75 bits per heavy atom. The highest BCUT2D eigenvalue weighted by Gasteiger charge is 2.34. The number of methoxy groups -OCH3 is 1. The third-order valence-electron chi connectivity index (χ3n) is 3.51. The largest absolute Gasteiger partial charge is 0.493 e. The number of nitrogens with zero attached hydrogens (tertiary/aromatic N) is 1. The van der Waals surface area contributed by atoms with Crippen molar-refractivity contribution < 1.29 is 19.1 Å². The van der Waals surface area contributed by atoms with Gasteiger partial charge in [-0.1, -0.05) is 18.9 Å². The van der Waals surface area contributed by atoms with Crippen molar-refractivity contribution in [3.8, 4) is 23.8 Å². The summed E-state index contributed by atoms with van der Waals surface area (Å²) >= 11 is 0.879. The lowest BCUT2D eigenvalue weighted by Gasteiger charge is -2.15. The molecule has 24 heavy (non-hydrogen) atoms. The van der Waals surface area contributed by atoms with E-state index in [1.165, 1.54) is 0 Å². The van der Waals surface area contributed by atoms with E-state index in [2.05, 4.69) is 5.92 Å². The van der Waals surface area contributed by atoms with Gasteiger partial charge >= 0.3 is 0 Å². The second-order valence-electron chi connectivity index (χ2n) is 5.22. The number of benzene rings is 1. The van der Waals surface area contributed by atoms with Crippen molar-refractivity contribution in [2.45, 2.75) is 26.4 Å². The van der Waals surface area contributed by atoms with Gasteiger partial charge in [0.25, 0.3) is 11.1 Å². The molecule has 1 saturated heterocycles. The van der Waals surface area contributed by atoms with Crippen molar-refractivity contribution in [1.29, 1.82) is 0 Å². The van der Waals surface area contributed by atoms with E-state index in [-0.39, 0.29) is 23.8 Å². The van der Waals surface area contributed by atoms with E-state index < -0.39 is 0 Å². The molecule has 0 spiro atoms. The molecule has 1 aromatic carbocycles. The summed E-state index contributed by atoms with van der Waals surface area (Å²) in [7, 11) is 1.56. The van der Waals surface area contributed by atoms with Gasteiger partial charge in [-0.05, 0) is 48.9 Å². The summed E-state index contributed by atoms with van der Waals surface area (Å²) in [6.07, 6.45) is 7.79. The molecule has 0 saturated carbocycles. The Labute approximate surface area is 146 Å². The van der Waals surface area contributed by atoms with Crippen LogP contribution in [0.3, 0.4) is 0 Å². The third-order valence-corrected chi connectivity index (χ3v) is 4.42. The monoisotopic (exact) mass is 345 g/mol. The van der Waals surface area contributed by atoms with Crippen LogP contribution in [0.15, 0.2) is 23.1 Å². The fourth-order valence-corrected chi connectivity index (χ4v) is 2.89. The normalized spacial score (nSPS) is 17.1. The number of carbonyl (C=O) groups excluding carboxylic acids is 2. The zero-order chi connectivity index (χ0) is 17.7. The molecule has 1 unspecified atom stereocenters. The molecule has 0 radical (unpaired) electrons. The van der Waals surface area contributed by atoms with E-state index in [0.29, 0.717) is 16.4 Å². The predicted molar refractivity (Wildman–Crippen MR) is 94.9 cm³/mol. The Balaban J connectivity index is 2.26. The molecular formula is C18H19NO4S. The van der Waals surface area contributed by atoms with E-state index in [0.717, 1.165) is 28.6 Å². The van der Waals surface area contributed by atoms with E-state index in [4.69, 9.17) is 15.9 Å². The lowest BCUT2D eigenvalue weighted by Crippen LogP contribution is -2.28. The maximum atomic E-state index is 12.2. The molecule has 1 aliphatic heterocycles. The van der Waals surface area contributed by atoms with Gasteiger partial charge in [-0.3, -0.25) is 14.5 Å². The van der Waals surface area contributed by atoms with Crippen molar-refractivity contribution in [1.82, 2.24) is 4.90 Å². The smallest absolute Gasteiger partial charge is 0.294 e. The van der Waals surface area contributed by atoms with Crippen LogP contribution in [0, 0.1) is 12.3 Å². The predicted octanol–water partition coefficient (Wildman–Crippen LogP) is 3.54. The highest BCUT2D eigenvalue weighted by molar-refractivity contribution is 8.18. The fourth-order valence-electron chi connectivity index (χ4n) is 2.05. The zero-order valence-electron chi connectivity index (χ0n) is 13.9. The number of amides is 2. The van der Waals surface area contributed by atoms with Gasteiger partial charge < -0.3 is 9.47 Å². The summed E-state index contributed by atoms with van der Waals surface area (Å²) in [5, 5.41) is -0.354. The highest BCUT2D eigenvalue weighted by atomic mass is 32.2. The van der Waals surface area contributed by atoms with Crippen LogP contribution in [0.5, 0.6) is 11.5 Å². The fraction of sp³-hybridized carbons (Fsp3) is 0.333. The number of ether oxygens (including phenoxy) is 2. The first-order valence-electron chi connectivity index (χ1n) is 7.53. The number of rotatable bonds is 6. The van der Waals surface area contributed by atoms with Crippen LogP contribution in [0.25, 0.3) is 6.08 Å². The van der Waals surface area contributed by atoms with Crippen LogP contribution in [0.2, 0.25) is 0 Å². The van der Waals surface area contributed by atoms with Gasteiger partial charge in [0.05, 0.1) is 24.7 Å². The molecule has 1 atom stereocenters. The van der Waals surface area contributed by atoms with Crippen LogP contribution in [-0.4, -0.2) is 35.8 Å². The van der Waals surface area contributed by atoms with Crippen molar-refractivity contribution in [2.75, 3.05) is 13.7 Å². The van der Waals surface area contributed by atoms with Gasteiger partial charge in [0, 0.05) is 0 Å². The molecule has 2 amide bonds. The first-order chi connectivity index (χ1) is 11.5. The van der Waals surface area contributed by atoms with Crippen LogP contribution in [0.4, 0.5) is 4.79 Å². The Morgan fingerprint density at radius 1 is 1.38 bits per heavy atom. The van der Waals surface area contributed by atoms with Gasteiger partial charge in [0.2, 0.25) is 0 Å². The first kappa shape index (κ1) is 18.0. The second kappa shape index (κ2) is 7.93. The molecule has 1 fully saturated rings. The van der Waals surface area contributed by atoms with Crippen LogP contribution < -0.4 is 9.47 Å². The summed E-state index contributed by atoms with van der Waals surface area (Å²) in [4.78, 5) is 25.4. The molecular weight excluding hydrogens is 326 g/mol. The first-order valence-corrected chi connectivity index (χ1v) is 8.35. The Hall–Kier alpha value is -2.39. The molecule has 0 aliphatic carbocycles. The minimum atomic E-state index is -0.373. The number of imide groups is 1. The minimum Gasteiger partial charge on any atom is -0.493 e. The molecule has 6 heteroatoms. The lowest BCUT2D eigenvalue weighted by atomic mass is 10.1. The van der Waals surface area contributed by atoms with Crippen molar-refractivity contribution in [3.05, 3.63) is 28.7 Å². The van der Waals surface area contributed by atoms with Crippen LogP contribution >= 0.6 is 11.8 Å². The average molecular weight is 345 g/mol. The summed E-state index contributed by atoms with van der Waals surface area (Å²) in [6, 6.07) is 5.38. The summed E-state index contributed by atoms with van der Waals surface area (Å²) in [6.45, 7) is 4.00. The molecule has 1 aromatic rings. The van der Waals surface area contributed by atoms with Gasteiger partial charge in [-0.15, -0.1) is 6.42 Å². The Morgan fingerprint density at radius 2 is 2.12 bits per heavy atom. The molecule has 0 bridgehead atoms. The molecule has 1 aliphatic rings. The SMILES string of the molecule is C#CCN1C(=O)SC(=Cc2ccc(OC(C)CC)c(OC)c2)C1=O. The molecule has 126 valence electrons. The Bertz CT molecular complexity index is 720. The molecule has 2 rings (SSSR count). The van der Waals surface area contributed by atoms with Gasteiger partial charge in [0.1, 0.15) is 0 Å². The van der Waals surface area contributed by atoms with Gasteiger partial charge in [-0.25, -0.2) is 0 Å². The van der Waals surface area contributed by atoms with Gasteiger partial charge in [0.15, 0.2) is 11.5 Å². The van der Waals surface area contributed by atoms with E-state index in [1.54, 1.807) is 25.3 Å².